The van der Waals surface area contributed by atoms with E-state index in [0.717, 1.165) is 36.6 Å². The molecule has 1 aromatic carbocycles. The summed E-state index contributed by atoms with van der Waals surface area (Å²) in [6.45, 7) is 1.86. The number of hydrogen-bond acceptors (Lipinski definition) is 3. The maximum atomic E-state index is 11.9. The third-order valence-corrected chi connectivity index (χ3v) is 2.68. The standard InChI is InChI=1S/C13H18FNO2/c14-6-2-1-3-7-15-11-4-5-12-13(10-11)17-9-8-16-12/h4-5,10,15H,1-3,6-9H2. The molecule has 0 spiro atoms. The van der Waals surface area contributed by atoms with Gasteiger partial charge in [-0.05, 0) is 31.4 Å². The van der Waals surface area contributed by atoms with Crippen LogP contribution < -0.4 is 14.8 Å². The Kier molecular flexibility index (Phi) is 4.47. The molecule has 0 aliphatic carbocycles. The summed E-state index contributed by atoms with van der Waals surface area (Å²) in [5.74, 6) is 1.60. The number of rotatable bonds is 6. The maximum absolute atomic E-state index is 11.9. The predicted molar refractivity (Wildman–Crippen MR) is 65.7 cm³/mol. The van der Waals surface area contributed by atoms with Crippen LogP contribution in [0.5, 0.6) is 11.5 Å². The lowest BCUT2D eigenvalue weighted by Gasteiger charge is -2.19. The molecule has 4 heteroatoms. The fourth-order valence-electron chi connectivity index (χ4n) is 1.78. The topological polar surface area (TPSA) is 30.5 Å². The van der Waals surface area contributed by atoms with Crippen molar-refractivity contribution in [1.29, 1.82) is 0 Å². The first-order chi connectivity index (χ1) is 8.40. The quantitative estimate of drug-likeness (QED) is 0.774. The minimum Gasteiger partial charge on any atom is -0.486 e. The van der Waals surface area contributed by atoms with Crippen LogP contribution in [0.15, 0.2) is 18.2 Å². The largest absolute Gasteiger partial charge is 0.486 e. The maximum Gasteiger partial charge on any atom is 0.163 e. The molecule has 2 rings (SSSR count). The number of benzene rings is 1. The first-order valence-corrected chi connectivity index (χ1v) is 6.09. The number of alkyl halides is 1. The van der Waals surface area contributed by atoms with Crippen LogP contribution >= 0.6 is 0 Å². The molecular weight excluding hydrogens is 221 g/mol. The molecule has 0 aromatic heterocycles. The summed E-state index contributed by atoms with van der Waals surface area (Å²) in [7, 11) is 0. The summed E-state index contributed by atoms with van der Waals surface area (Å²) < 4.78 is 22.8. The molecule has 1 aliphatic rings. The third kappa shape index (κ3) is 3.51. The Morgan fingerprint density at radius 3 is 2.71 bits per heavy atom. The predicted octanol–water partition coefficient (Wildman–Crippen LogP) is 3.01. The van der Waals surface area contributed by atoms with E-state index in [1.807, 2.05) is 18.2 Å². The van der Waals surface area contributed by atoms with Gasteiger partial charge in [0.1, 0.15) is 13.2 Å². The van der Waals surface area contributed by atoms with Crippen molar-refractivity contribution >= 4 is 5.69 Å². The Bertz CT molecular complexity index is 357. The molecular formula is C13H18FNO2. The van der Waals surface area contributed by atoms with E-state index in [0.29, 0.717) is 19.6 Å². The average Bonchev–Trinajstić information content (AvgIpc) is 2.38. The van der Waals surface area contributed by atoms with Crippen molar-refractivity contribution in [2.75, 3.05) is 31.7 Å². The highest BCUT2D eigenvalue weighted by Gasteiger charge is 2.11. The molecule has 1 aromatic rings. The summed E-state index contributed by atoms with van der Waals surface area (Å²) in [4.78, 5) is 0. The number of fused-ring (bicyclic) bond motifs is 1. The first-order valence-electron chi connectivity index (χ1n) is 6.09. The summed E-state index contributed by atoms with van der Waals surface area (Å²) in [6.07, 6.45) is 2.56. The normalized spacial score (nSPS) is 13.5. The van der Waals surface area contributed by atoms with Gasteiger partial charge in [-0.1, -0.05) is 0 Å². The average molecular weight is 239 g/mol. The van der Waals surface area contributed by atoms with Crippen molar-refractivity contribution in [3.8, 4) is 11.5 Å². The molecule has 17 heavy (non-hydrogen) atoms. The Balaban J connectivity index is 1.81. The molecule has 0 fully saturated rings. The van der Waals surface area contributed by atoms with Crippen molar-refractivity contribution < 1.29 is 13.9 Å². The summed E-state index contributed by atoms with van der Waals surface area (Å²) in [6, 6.07) is 5.84. The molecule has 0 saturated carbocycles. The van der Waals surface area contributed by atoms with Crippen molar-refractivity contribution in [2.45, 2.75) is 19.3 Å². The van der Waals surface area contributed by atoms with Crippen LogP contribution in [0.25, 0.3) is 0 Å². The summed E-state index contributed by atoms with van der Waals surface area (Å²) in [5.41, 5.74) is 1.02. The number of ether oxygens (including phenoxy) is 2. The van der Waals surface area contributed by atoms with Gasteiger partial charge in [0, 0.05) is 18.3 Å². The van der Waals surface area contributed by atoms with Gasteiger partial charge in [-0.2, -0.15) is 0 Å². The van der Waals surface area contributed by atoms with Gasteiger partial charge in [0.25, 0.3) is 0 Å². The van der Waals surface area contributed by atoms with Crippen molar-refractivity contribution in [2.24, 2.45) is 0 Å². The van der Waals surface area contributed by atoms with E-state index in [-0.39, 0.29) is 6.67 Å². The molecule has 0 bridgehead atoms. The van der Waals surface area contributed by atoms with E-state index in [1.165, 1.54) is 0 Å². The Morgan fingerprint density at radius 2 is 1.88 bits per heavy atom. The molecule has 1 N–H and O–H groups in total. The zero-order valence-electron chi connectivity index (χ0n) is 9.88. The van der Waals surface area contributed by atoms with Crippen LogP contribution in [0, 0.1) is 0 Å². The minimum atomic E-state index is -0.218. The molecule has 94 valence electrons. The smallest absolute Gasteiger partial charge is 0.163 e. The Morgan fingerprint density at radius 1 is 1.06 bits per heavy atom. The van der Waals surface area contributed by atoms with Gasteiger partial charge in [0.15, 0.2) is 11.5 Å². The number of anilines is 1. The van der Waals surface area contributed by atoms with Crippen molar-refractivity contribution in [3.63, 3.8) is 0 Å². The lowest BCUT2D eigenvalue weighted by Crippen LogP contribution is -2.15. The fourth-order valence-corrected chi connectivity index (χ4v) is 1.78. The molecule has 0 amide bonds. The minimum absolute atomic E-state index is 0.218. The second-order valence-electron chi connectivity index (χ2n) is 4.03. The van der Waals surface area contributed by atoms with E-state index in [2.05, 4.69) is 5.32 Å². The van der Waals surface area contributed by atoms with E-state index in [9.17, 15) is 4.39 Å². The lowest BCUT2D eigenvalue weighted by molar-refractivity contribution is 0.171. The number of unbranched alkanes of at least 4 members (excludes halogenated alkanes) is 2. The Labute approximate surface area is 101 Å². The number of nitrogens with one attached hydrogen (secondary N) is 1. The summed E-state index contributed by atoms with van der Waals surface area (Å²) in [5, 5.41) is 3.30. The van der Waals surface area contributed by atoms with Gasteiger partial charge in [-0.3, -0.25) is 4.39 Å². The number of halogens is 1. The van der Waals surface area contributed by atoms with E-state index < -0.39 is 0 Å². The molecule has 1 heterocycles. The van der Waals surface area contributed by atoms with Gasteiger partial charge in [-0.25, -0.2) is 0 Å². The molecule has 1 aliphatic heterocycles. The zero-order valence-corrected chi connectivity index (χ0v) is 9.88. The van der Waals surface area contributed by atoms with Crippen LogP contribution in [-0.2, 0) is 0 Å². The Hall–Kier alpha value is -1.45. The van der Waals surface area contributed by atoms with Gasteiger partial charge in [0.2, 0.25) is 0 Å². The van der Waals surface area contributed by atoms with Crippen LogP contribution in [0.3, 0.4) is 0 Å². The third-order valence-electron chi connectivity index (χ3n) is 2.68. The van der Waals surface area contributed by atoms with Crippen LogP contribution in [0.1, 0.15) is 19.3 Å². The molecule has 0 radical (unpaired) electrons. The fraction of sp³-hybridized carbons (Fsp3) is 0.538. The van der Waals surface area contributed by atoms with Crippen molar-refractivity contribution in [3.05, 3.63) is 18.2 Å². The van der Waals surface area contributed by atoms with E-state index >= 15 is 0 Å². The molecule has 0 saturated heterocycles. The molecule has 0 unspecified atom stereocenters. The van der Waals surface area contributed by atoms with Crippen molar-refractivity contribution in [1.82, 2.24) is 0 Å². The van der Waals surface area contributed by atoms with Gasteiger partial charge >= 0.3 is 0 Å². The van der Waals surface area contributed by atoms with Crippen LogP contribution in [-0.4, -0.2) is 26.4 Å². The highest BCUT2D eigenvalue weighted by Crippen LogP contribution is 2.32. The van der Waals surface area contributed by atoms with Gasteiger partial charge < -0.3 is 14.8 Å². The highest BCUT2D eigenvalue weighted by molar-refractivity contribution is 5.55. The number of hydrogen-bond donors (Lipinski definition) is 1. The first kappa shape index (κ1) is 12.0. The van der Waals surface area contributed by atoms with E-state index in [4.69, 9.17) is 9.47 Å². The van der Waals surface area contributed by atoms with Gasteiger partial charge in [-0.15, -0.1) is 0 Å². The SMILES string of the molecule is FCCCCCNc1ccc2c(c1)OCCO2. The molecule has 0 atom stereocenters. The monoisotopic (exact) mass is 239 g/mol. The van der Waals surface area contributed by atoms with Gasteiger partial charge in [0.05, 0.1) is 6.67 Å². The van der Waals surface area contributed by atoms with E-state index in [1.54, 1.807) is 0 Å². The summed E-state index contributed by atoms with van der Waals surface area (Å²) >= 11 is 0. The highest BCUT2D eigenvalue weighted by atomic mass is 19.1. The molecule has 3 nitrogen and oxygen atoms in total. The second kappa shape index (κ2) is 6.33. The van der Waals surface area contributed by atoms with Crippen LogP contribution in [0.4, 0.5) is 10.1 Å². The second-order valence-corrected chi connectivity index (χ2v) is 4.03. The van der Waals surface area contributed by atoms with Crippen LogP contribution in [0.2, 0.25) is 0 Å². The lowest BCUT2D eigenvalue weighted by atomic mass is 10.2. The zero-order chi connectivity index (χ0) is 11.9.